The Morgan fingerprint density at radius 1 is 1.04 bits per heavy atom. The van der Waals surface area contributed by atoms with Crippen LogP contribution in [0, 0.1) is 5.92 Å². The van der Waals surface area contributed by atoms with Gasteiger partial charge in [-0.05, 0) is 46.1 Å². The van der Waals surface area contributed by atoms with Crippen LogP contribution in [-0.2, 0) is 4.79 Å². The van der Waals surface area contributed by atoms with Gasteiger partial charge in [-0.25, -0.2) is 9.78 Å². The van der Waals surface area contributed by atoms with E-state index in [9.17, 15) is 9.59 Å². The summed E-state index contributed by atoms with van der Waals surface area (Å²) in [7, 11) is 0. The van der Waals surface area contributed by atoms with Crippen LogP contribution in [0.3, 0.4) is 0 Å². The summed E-state index contributed by atoms with van der Waals surface area (Å²) in [5.41, 5.74) is 0.660. The minimum Gasteiger partial charge on any atom is -0.326 e. The highest BCUT2D eigenvalue weighted by molar-refractivity contribution is 9.10. The maximum Gasteiger partial charge on any atom is 0.319 e. The molecule has 1 heterocycles. The van der Waals surface area contributed by atoms with Crippen molar-refractivity contribution in [2.75, 3.05) is 10.6 Å². The molecule has 0 saturated heterocycles. The van der Waals surface area contributed by atoms with Gasteiger partial charge in [0.2, 0.25) is 5.91 Å². The number of aromatic nitrogens is 1. The summed E-state index contributed by atoms with van der Waals surface area (Å²) in [4.78, 5) is 28.6. The number of halogens is 1. The molecule has 1 aromatic heterocycles. The molecule has 2 aromatic rings. The van der Waals surface area contributed by atoms with Gasteiger partial charge in [0.15, 0.2) is 0 Å². The van der Waals surface area contributed by atoms with Crippen LogP contribution >= 0.6 is 15.9 Å². The van der Waals surface area contributed by atoms with E-state index in [0.717, 1.165) is 4.47 Å². The van der Waals surface area contributed by atoms with E-state index in [4.69, 9.17) is 0 Å². The van der Waals surface area contributed by atoms with Gasteiger partial charge in [-0.2, -0.15) is 0 Å². The first-order chi connectivity index (χ1) is 11.5. The second-order valence-corrected chi connectivity index (χ2v) is 6.45. The van der Waals surface area contributed by atoms with E-state index in [1.165, 1.54) is 0 Å². The van der Waals surface area contributed by atoms with Crippen molar-refractivity contribution in [2.45, 2.75) is 19.9 Å². The number of para-hydroxylation sites is 1. The van der Waals surface area contributed by atoms with Gasteiger partial charge in [0.25, 0.3) is 0 Å². The largest absolute Gasteiger partial charge is 0.326 e. The number of hydrogen-bond donors (Lipinski definition) is 3. The SMILES string of the molecule is CC(C)C(NC(=O)Nc1ccccc1)C(=O)Nc1ccc(Br)cn1. The topological polar surface area (TPSA) is 83.1 Å². The Kier molecular flexibility index (Phi) is 6.31. The zero-order valence-corrected chi connectivity index (χ0v) is 15.0. The summed E-state index contributed by atoms with van der Waals surface area (Å²) in [6.45, 7) is 3.73. The van der Waals surface area contributed by atoms with Crippen LogP contribution in [0.5, 0.6) is 0 Å². The van der Waals surface area contributed by atoms with Crippen molar-refractivity contribution in [3.63, 3.8) is 0 Å². The predicted octanol–water partition coefficient (Wildman–Crippen LogP) is 3.63. The third-order valence-corrected chi connectivity index (χ3v) is 3.72. The first-order valence-corrected chi connectivity index (χ1v) is 8.30. The molecule has 0 bridgehead atoms. The first kappa shape index (κ1) is 17.9. The van der Waals surface area contributed by atoms with Crippen molar-refractivity contribution in [2.24, 2.45) is 5.92 Å². The lowest BCUT2D eigenvalue weighted by Gasteiger charge is -2.21. The average molecular weight is 391 g/mol. The molecule has 1 unspecified atom stereocenters. The minimum absolute atomic E-state index is 0.0815. The number of anilines is 2. The van der Waals surface area contributed by atoms with Crippen molar-refractivity contribution in [3.05, 3.63) is 53.1 Å². The maximum atomic E-state index is 12.4. The van der Waals surface area contributed by atoms with Crippen LogP contribution in [0.25, 0.3) is 0 Å². The Bertz CT molecular complexity index is 689. The number of amides is 3. The summed E-state index contributed by atoms with van der Waals surface area (Å²) in [6.07, 6.45) is 1.59. The molecular formula is C17H19BrN4O2. The fourth-order valence-electron chi connectivity index (χ4n) is 2.02. The summed E-state index contributed by atoms with van der Waals surface area (Å²) in [5, 5.41) is 8.11. The standard InChI is InChI=1S/C17H19BrN4O2/c1-11(2)15(16(23)21-14-9-8-12(18)10-19-14)22-17(24)20-13-6-4-3-5-7-13/h3-11,15H,1-2H3,(H,19,21,23)(H2,20,22,24). The Hall–Kier alpha value is -2.41. The van der Waals surface area contributed by atoms with Crippen LogP contribution in [0.15, 0.2) is 53.1 Å². The van der Waals surface area contributed by atoms with Gasteiger partial charge in [-0.3, -0.25) is 4.79 Å². The first-order valence-electron chi connectivity index (χ1n) is 7.50. The fourth-order valence-corrected chi connectivity index (χ4v) is 2.25. The minimum atomic E-state index is -0.681. The molecule has 0 aliphatic heterocycles. The highest BCUT2D eigenvalue weighted by atomic mass is 79.9. The molecule has 1 atom stereocenters. The average Bonchev–Trinajstić information content (AvgIpc) is 2.55. The van der Waals surface area contributed by atoms with E-state index in [-0.39, 0.29) is 11.8 Å². The molecule has 3 N–H and O–H groups in total. The van der Waals surface area contributed by atoms with Crippen LogP contribution in [0.1, 0.15) is 13.8 Å². The number of nitrogens with one attached hydrogen (secondary N) is 3. The molecule has 0 fully saturated rings. The summed E-state index contributed by atoms with van der Waals surface area (Å²) in [5.74, 6) is 0.0316. The van der Waals surface area contributed by atoms with Gasteiger partial charge >= 0.3 is 6.03 Å². The zero-order valence-electron chi connectivity index (χ0n) is 13.4. The molecule has 126 valence electrons. The lowest BCUT2D eigenvalue weighted by atomic mass is 10.0. The number of urea groups is 1. The monoisotopic (exact) mass is 390 g/mol. The van der Waals surface area contributed by atoms with Crippen molar-refractivity contribution in [1.29, 1.82) is 0 Å². The Labute approximate surface area is 149 Å². The third-order valence-electron chi connectivity index (χ3n) is 3.25. The molecule has 2 rings (SSSR count). The molecule has 1 aromatic carbocycles. The van der Waals surface area contributed by atoms with Crippen molar-refractivity contribution in [3.8, 4) is 0 Å². The highest BCUT2D eigenvalue weighted by Gasteiger charge is 2.24. The molecule has 6 nitrogen and oxygen atoms in total. The molecule has 0 radical (unpaired) electrons. The number of carbonyl (C=O) groups is 2. The molecule has 0 aliphatic carbocycles. The van der Waals surface area contributed by atoms with Crippen LogP contribution < -0.4 is 16.0 Å². The number of benzene rings is 1. The van der Waals surface area contributed by atoms with Gasteiger partial charge in [0.1, 0.15) is 11.9 Å². The second kappa shape index (κ2) is 8.44. The molecule has 24 heavy (non-hydrogen) atoms. The molecule has 0 spiro atoms. The van der Waals surface area contributed by atoms with E-state index in [0.29, 0.717) is 11.5 Å². The summed E-state index contributed by atoms with van der Waals surface area (Å²) < 4.78 is 0.821. The number of nitrogens with zero attached hydrogens (tertiary/aromatic N) is 1. The van der Waals surface area contributed by atoms with Gasteiger partial charge in [-0.1, -0.05) is 32.0 Å². The van der Waals surface area contributed by atoms with Crippen LogP contribution in [0.2, 0.25) is 0 Å². The maximum absolute atomic E-state index is 12.4. The molecule has 0 aliphatic rings. The van der Waals surface area contributed by atoms with Gasteiger partial charge in [0.05, 0.1) is 0 Å². The molecule has 3 amide bonds. The smallest absolute Gasteiger partial charge is 0.319 e. The zero-order chi connectivity index (χ0) is 17.5. The molecular weight excluding hydrogens is 372 g/mol. The second-order valence-electron chi connectivity index (χ2n) is 5.54. The van der Waals surface area contributed by atoms with Crippen LogP contribution in [-0.4, -0.2) is 23.0 Å². The van der Waals surface area contributed by atoms with Crippen molar-refractivity contribution >= 4 is 39.4 Å². The van der Waals surface area contributed by atoms with E-state index in [2.05, 4.69) is 36.9 Å². The summed E-state index contributed by atoms with van der Waals surface area (Å²) in [6, 6.07) is 11.4. The third kappa shape index (κ3) is 5.34. The van der Waals surface area contributed by atoms with Crippen LogP contribution in [0.4, 0.5) is 16.3 Å². The summed E-state index contributed by atoms with van der Waals surface area (Å²) >= 11 is 3.29. The number of hydrogen-bond acceptors (Lipinski definition) is 3. The van der Waals surface area contributed by atoms with Gasteiger partial charge in [0, 0.05) is 16.4 Å². The predicted molar refractivity (Wildman–Crippen MR) is 97.8 cm³/mol. The lowest BCUT2D eigenvalue weighted by molar-refractivity contribution is -0.118. The van der Waals surface area contributed by atoms with Crippen molar-refractivity contribution < 1.29 is 9.59 Å². The van der Waals surface area contributed by atoms with Gasteiger partial charge in [-0.15, -0.1) is 0 Å². The normalized spacial score (nSPS) is 11.7. The highest BCUT2D eigenvalue weighted by Crippen LogP contribution is 2.12. The van der Waals surface area contributed by atoms with E-state index in [1.807, 2.05) is 32.0 Å². The number of carbonyl (C=O) groups excluding carboxylic acids is 2. The van der Waals surface area contributed by atoms with Gasteiger partial charge < -0.3 is 16.0 Å². The Morgan fingerprint density at radius 2 is 1.75 bits per heavy atom. The Morgan fingerprint density at radius 3 is 2.33 bits per heavy atom. The number of pyridine rings is 1. The number of rotatable bonds is 5. The molecule has 0 saturated carbocycles. The molecule has 7 heteroatoms. The van der Waals surface area contributed by atoms with E-state index in [1.54, 1.807) is 30.5 Å². The fraction of sp³-hybridized carbons (Fsp3) is 0.235. The van der Waals surface area contributed by atoms with Crippen molar-refractivity contribution in [1.82, 2.24) is 10.3 Å². The quantitative estimate of drug-likeness (QED) is 0.728. The Balaban J connectivity index is 1.98. The lowest BCUT2D eigenvalue weighted by Crippen LogP contribution is -2.48. The van der Waals surface area contributed by atoms with E-state index >= 15 is 0 Å². The van der Waals surface area contributed by atoms with E-state index < -0.39 is 12.1 Å².